The Morgan fingerprint density at radius 2 is 2.10 bits per heavy atom. The molecule has 2 aromatic heterocycles. The molecular weight excluding hydrogens is 349 g/mol. The number of hydrogen-bond acceptors (Lipinski definition) is 5. The van der Waals surface area contributed by atoms with E-state index < -0.39 is 0 Å². The van der Waals surface area contributed by atoms with Gasteiger partial charge in [0.25, 0.3) is 0 Å². The summed E-state index contributed by atoms with van der Waals surface area (Å²) in [7, 11) is 0. The fraction of sp³-hybridized carbons (Fsp3) is 0.417. The molecule has 0 saturated heterocycles. The number of thiazole rings is 1. The summed E-state index contributed by atoms with van der Waals surface area (Å²) in [5.74, 6) is 1.22. The standard InChI is InChI=1S/C12H17N4OS.ClH.Zn/c1-8-11(3-4-17)18-7-16(8)6-10-5-14-9(2)15-12(10)13;;/h5,7,17H,3-4,6H2,1-2H3,(H2,13,14,15);1H;/q+1;;/p-1. The first kappa shape index (κ1) is 19.4. The minimum Gasteiger partial charge on any atom is -1.00 e. The van der Waals surface area contributed by atoms with Gasteiger partial charge in [-0.05, 0) is 6.92 Å². The van der Waals surface area contributed by atoms with Crippen molar-refractivity contribution in [3.63, 3.8) is 0 Å². The van der Waals surface area contributed by atoms with Crippen molar-refractivity contribution >= 4 is 17.2 Å². The van der Waals surface area contributed by atoms with Crippen LogP contribution in [0.4, 0.5) is 5.82 Å². The van der Waals surface area contributed by atoms with Crippen LogP contribution in [0.5, 0.6) is 0 Å². The fourth-order valence-electron chi connectivity index (χ4n) is 1.77. The molecule has 0 bridgehead atoms. The fourth-order valence-corrected chi connectivity index (χ4v) is 2.75. The van der Waals surface area contributed by atoms with E-state index in [1.54, 1.807) is 17.5 Å². The maximum atomic E-state index is 8.98. The number of rotatable bonds is 4. The van der Waals surface area contributed by atoms with Crippen LogP contribution >= 0.6 is 11.3 Å². The van der Waals surface area contributed by atoms with E-state index in [-0.39, 0.29) is 38.5 Å². The van der Waals surface area contributed by atoms with E-state index in [4.69, 9.17) is 10.8 Å². The smallest absolute Gasteiger partial charge is 0.225 e. The molecule has 106 valence electrons. The number of aryl methyl sites for hydroxylation is 1. The topological polar surface area (TPSA) is 75.9 Å². The molecule has 2 heterocycles. The molecule has 0 spiro atoms. The first-order valence-electron chi connectivity index (χ1n) is 5.77. The Balaban J connectivity index is 0.00000180. The predicted octanol–water partition coefficient (Wildman–Crippen LogP) is -2.39. The van der Waals surface area contributed by atoms with Gasteiger partial charge in [-0.15, -0.1) is 0 Å². The molecule has 0 atom stereocenters. The van der Waals surface area contributed by atoms with Crippen LogP contribution in [0.15, 0.2) is 11.7 Å². The van der Waals surface area contributed by atoms with Gasteiger partial charge in [-0.25, -0.2) is 9.97 Å². The van der Waals surface area contributed by atoms with E-state index in [0.717, 1.165) is 11.3 Å². The van der Waals surface area contributed by atoms with Crippen LogP contribution in [0.3, 0.4) is 0 Å². The number of aliphatic hydroxyl groups is 1. The Labute approximate surface area is 141 Å². The van der Waals surface area contributed by atoms with Crippen molar-refractivity contribution in [1.82, 2.24) is 9.97 Å². The van der Waals surface area contributed by atoms with Crippen molar-refractivity contribution < 1.29 is 41.6 Å². The van der Waals surface area contributed by atoms with Crippen molar-refractivity contribution in [1.29, 1.82) is 0 Å². The van der Waals surface area contributed by atoms with Gasteiger partial charge in [0.2, 0.25) is 5.51 Å². The van der Waals surface area contributed by atoms with Crippen molar-refractivity contribution in [2.45, 2.75) is 26.8 Å². The van der Waals surface area contributed by atoms with E-state index >= 15 is 0 Å². The molecule has 3 N–H and O–H groups in total. The number of aromatic nitrogens is 3. The third-order valence-electron chi connectivity index (χ3n) is 2.85. The normalized spacial score (nSPS) is 9.75. The Bertz CT molecular complexity index is 564. The molecule has 0 aliphatic rings. The van der Waals surface area contributed by atoms with Gasteiger partial charge in [-0.3, -0.25) is 0 Å². The number of nitrogens with two attached hydrogens (primary N) is 1. The van der Waals surface area contributed by atoms with Crippen molar-refractivity contribution in [2.75, 3.05) is 12.3 Å². The molecule has 0 saturated carbocycles. The average Bonchev–Trinajstić information content (AvgIpc) is 2.66. The summed E-state index contributed by atoms with van der Waals surface area (Å²) in [6.45, 7) is 4.71. The molecule has 0 aromatic carbocycles. The van der Waals surface area contributed by atoms with Crippen molar-refractivity contribution in [3.8, 4) is 0 Å². The molecule has 0 amide bonds. The molecule has 0 radical (unpaired) electrons. The van der Waals surface area contributed by atoms with Crippen LogP contribution in [0.1, 0.15) is 22.0 Å². The number of anilines is 1. The molecule has 0 aliphatic heterocycles. The zero-order valence-electron chi connectivity index (χ0n) is 11.6. The molecular formula is C12H17ClN4OSZn. The predicted molar refractivity (Wildman–Crippen MR) is 70.3 cm³/mol. The van der Waals surface area contributed by atoms with Gasteiger partial charge in [0.05, 0.1) is 10.4 Å². The Kier molecular flexibility index (Phi) is 8.36. The molecule has 0 aliphatic carbocycles. The van der Waals surface area contributed by atoms with Gasteiger partial charge < -0.3 is 23.2 Å². The second kappa shape index (κ2) is 8.62. The molecule has 8 heteroatoms. The first-order valence-corrected chi connectivity index (χ1v) is 6.65. The van der Waals surface area contributed by atoms with Crippen LogP contribution in [-0.2, 0) is 32.4 Å². The number of nitrogen functional groups attached to an aromatic ring is 1. The Morgan fingerprint density at radius 3 is 2.70 bits per heavy atom. The van der Waals surface area contributed by atoms with Crippen LogP contribution < -0.4 is 22.7 Å². The third-order valence-corrected chi connectivity index (χ3v) is 4.00. The summed E-state index contributed by atoms with van der Waals surface area (Å²) in [5.41, 5.74) is 10.0. The zero-order valence-corrected chi connectivity index (χ0v) is 16.2. The van der Waals surface area contributed by atoms with E-state index in [2.05, 4.69) is 14.5 Å². The Hall–Kier alpha value is -0.617. The minimum absolute atomic E-state index is 0. The summed E-state index contributed by atoms with van der Waals surface area (Å²) in [6, 6.07) is 0. The number of aliphatic hydroxyl groups excluding tert-OH is 1. The summed E-state index contributed by atoms with van der Waals surface area (Å²) >= 11 is 1.65. The quantitative estimate of drug-likeness (QED) is 0.468. The minimum atomic E-state index is 0. The van der Waals surface area contributed by atoms with E-state index in [0.29, 0.717) is 24.6 Å². The van der Waals surface area contributed by atoms with Crippen molar-refractivity contribution in [2.24, 2.45) is 0 Å². The zero-order chi connectivity index (χ0) is 13.1. The number of hydrogen-bond donors (Lipinski definition) is 2. The van der Waals surface area contributed by atoms with Crippen molar-refractivity contribution in [3.05, 3.63) is 33.7 Å². The molecule has 2 rings (SSSR count). The second-order valence-corrected chi connectivity index (χ2v) is 5.10. The number of halogens is 1. The van der Waals surface area contributed by atoms with Crippen LogP contribution in [-0.4, -0.2) is 21.7 Å². The van der Waals surface area contributed by atoms with Gasteiger partial charge in [-0.2, -0.15) is 4.57 Å². The maximum Gasteiger partial charge on any atom is 0.225 e. The second-order valence-electron chi connectivity index (χ2n) is 4.16. The van der Waals surface area contributed by atoms with Crippen LogP contribution in [0.25, 0.3) is 0 Å². The van der Waals surface area contributed by atoms with Gasteiger partial charge in [0.15, 0.2) is 12.2 Å². The summed E-state index contributed by atoms with van der Waals surface area (Å²) in [6.07, 6.45) is 2.47. The monoisotopic (exact) mass is 364 g/mol. The Morgan fingerprint density at radius 1 is 1.40 bits per heavy atom. The largest absolute Gasteiger partial charge is 1.00 e. The van der Waals surface area contributed by atoms with E-state index in [1.807, 2.05) is 19.4 Å². The first-order chi connectivity index (χ1) is 8.61. The number of nitrogens with zero attached hydrogens (tertiary/aromatic N) is 3. The third kappa shape index (κ3) is 4.45. The van der Waals surface area contributed by atoms with Crippen LogP contribution in [0, 0.1) is 13.8 Å². The maximum absolute atomic E-state index is 8.98. The molecule has 5 nitrogen and oxygen atoms in total. The average molecular weight is 366 g/mol. The van der Waals surface area contributed by atoms with E-state index in [1.165, 1.54) is 4.88 Å². The summed E-state index contributed by atoms with van der Waals surface area (Å²) < 4.78 is 2.11. The van der Waals surface area contributed by atoms with E-state index in [9.17, 15) is 0 Å². The van der Waals surface area contributed by atoms with Gasteiger partial charge >= 0.3 is 0 Å². The summed E-state index contributed by atoms with van der Waals surface area (Å²) in [4.78, 5) is 9.53. The molecule has 0 fully saturated rings. The molecule has 0 unspecified atom stereocenters. The van der Waals surface area contributed by atoms with Gasteiger partial charge in [-0.1, -0.05) is 11.3 Å². The molecule has 2 aromatic rings. The van der Waals surface area contributed by atoms with Gasteiger partial charge in [0.1, 0.15) is 11.6 Å². The van der Waals surface area contributed by atoms with Gasteiger partial charge in [0, 0.05) is 45.6 Å². The SMILES string of the molecule is Cc1ncc(C[n+]2csc(CCO)c2C)c(N)n1.[Cl-].[Zn]. The molecule has 20 heavy (non-hydrogen) atoms. The van der Waals surface area contributed by atoms with Crippen LogP contribution in [0.2, 0.25) is 0 Å². The summed E-state index contributed by atoms with van der Waals surface area (Å²) in [5, 5.41) is 8.98.